The van der Waals surface area contributed by atoms with Gasteiger partial charge in [-0.15, -0.1) is 0 Å². The van der Waals surface area contributed by atoms with E-state index in [1.165, 1.54) is 0 Å². The molecule has 1 rings (SSSR count). The SMILES string of the molecule is CC(C)CCC(CBr)(CBr)c1ccccc1F. The van der Waals surface area contributed by atoms with Crippen LogP contribution in [0.25, 0.3) is 0 Å². The summed E-state index contributed by atoms with van der Waals surface area (Å²) in [5.41, 5.74) is 0.671. The fourth-order valence-corrected chi connectivity index (χ4v) is 4.00. The van der Waals surface area contributed by atoms with Crippen molar-refractivity contribution in [3.63, 3.8) is 0 Å². The van der Waals surface area contributed by atoms with Crippen LogP contribution >= 0.6 is 31.9 Å². The van der Waals surface area contributed by atoms with Crippen molar-refractivity contribution in [3.05, 3.63) is 35.6 Å². The Hall–Kier alpha value is 0.110. The third-order valence-corrected chi connectivity index (χ3v) is 5.30. The summed E-state index contributed by atoms with van der Waals surface area (Å²) >= 11 is 7.12. The Morgan fingerprint density at radius 3 is 2.24 bits per heavy atom. The molecule has 0 radical (unpaired) electrons. The molecule has 0 saturated heterocycles. The summed E-state index contributed by atoms with van der Waals surface area (Å²) in [5, 5.41) is 1.55. The lowest BCUT2D eigenvalue weighted by Gasteiger charge is -2.31. The van der Waals surface area contributed by atoms with Gasteiger partial charge < -0.3 is 0 Å². The fraction of sp³-hybridized carbons (Fsp3) is 0.571. The Kier molecular flexibility index (Phi) is 6.14. The van der Waals surface area contributed by atoms with Crippen molar-refractivity contribution in [2.24, 2.45) is 5.92 Å². The van der Waals surface area contributed by atoms with Crippen LogP contribution in [0.15, 0.2) is 24.3 Å². The molecule has 1 aromatic rings. The molecule has 0 aromatic heterocycles. The van der Waals surface area contributed by atoms with E-state index in [0.29, 0.717) is 5.92 Å². The maximum Gasteiger partial charge on any atom is 0.127 e. The predicted octanol–water partition coefficient (Wildman–Crippen LogP) is 5.29. The van der Waals surface area contributed by atoms with Crippen LogP contribution in [0.4, 0.5) is 4.39 Å². The van der Waals surface area contributed by atoms with Crippen LogP contribution in [0, 0.1) is 11.7 Å². The zero-order chi connectivity index (χ0) is 12.9. The third-order valence-electron chi connectivity index (χ3n) is 3.16. The number of rotatable bonds is 6. The van der Waals surface area contributed by atoms with E-state index in [1.807, 2.05) is 12.1 Å². The Bertz CT molecular complexity index is 346. The van der Waals surface area contributed by atoms with Crippen molar-refractivity contribution in [2.75, 3.05) is 10.7 Å². The Morgan fingerprint density at radius 1 is 1.18 bits per heavy atom. The maximum atomic E-state index is 13.9. The molecular weight excluding hydrogens is 347 g/mol. The molecule has 96 valence electrons. The highest BCUT2D eigenvalue weighted by Gasteiger charge is 2.32. The molecule has 0 unspecified atom stereocenters. The first-order chi connectivity index (χ1) is 8.05. The van der Waals surface area contributed by atoms with Gasteiger partial charge in [0.1, 0.15) is 5.82 Å². The maximum absolute atomic E-state index is 13.9. The zero-order valence-corrected chi connectivity index (χ0v) is 13.5. The van der Waals surface area contributed by atoms with E-state index in [1.54, 1.807) is 12.1 Å². The molecule has 0 N–H and O–H groups in total. The second kappa shape index (κ2) is 6.89. The largest absolute Gasteiger partial charge is 0.207 e. The first-order valence-corrected chi connectivity index (χ1v) is 8.17. The molecule has 0 amide bonds. The highest BCUT2D eigenvalue weighted by molar-refractivity contribution is 9.09. The average molecular weight is 366 g/mol. The first kappa shape index (κ1) is 15.2. The Balaban J connectivity index is 3.02. The number of benzene rings is 1. The fourth-order valence-electron chi connectivity index (χ4n) is 1.90. The van der Waals surface area contributed by atoms with Crippen LogP contribution in [-0.4, -0.2) is 10.7 Å². The lowest BCUT2D eigenvalue weighted by molar-refractivity contribution is 0.415. The summed E-state index contributed by atoms with van der Waals surface area (Å²) in [6.45, 7) is 4.41. The molecule has 0 aliphatic rings. The van der Waals surface area contributed by atoms with Crippen LogP contribution in [0.1, 0.15) is 32.3 Å². The van der Waals surface area contributed by atoms with Crippen LogP contribution in [0.5, 0.6) is 0 Å². The van der Waals surface area contributed by atoms with E-state index in [0.717, 1.165) is 29.1 Å². The number of hydrogen-bond donors (Lipinski definition) is 0. The van der Waals surface area contributed by atoms with Gasteiger partial charge in [0.2, 0.25) is 0 Å². The molecule has 1 aromatic carbocycles. The summed E-state index contributed by atoms with van der Waals surface area (Å²) in [6.07, 6.45) is 2.09. The molecule has 0 fully saturated rings. The summed E-state index contributed by atoms with van der Waals surface area (Å²) in [7, 11) is 0. The number of hydrogen-bond acceptors (Lipinski definition) is 0. The van der Waals surface area contributed by atoms with Gasteiger partial charge in [0.25, 0.3) is 0 Å². The van der Waals surface area contributed by atoms with Gasteiger partial charge in [-0.05, 0) is 24.0 Å². The smallest absolute Gasteiger partial charge is 0.127 e. The van der Waals surface area contributed by atoms with E-state index in [4.69, 9.17) is 0 Å². The highest BCUT2D eigenvalue weighted by atomic mass is 79.9. The van der Waals surface area contributed by atoms with Gasteiger partial charge in [-0.1, -0.05) is 70.3 Å². The van der Waals surface area contributed by atoms with Gasteiger partial charge in [-0.3, -0.25) is 0 Å². The molecule has 3 heteroatoms. The van der Waals surface area contributed by atoms with Crippen LogP contribution in [0.3, 0.4) is 0 Å². The van der Waals surface area contributed by atoms with E-state index in [9.17, 15) is 4.39 Å². The second-order valence-electron chi connectivity index (χ2n) is 4.96. The molecule has 0 aliphatic heterocycles. The molecule has 0 atom stereocenters. The topological polar surface area (TPSA) is 0 Å². The number of alkyl halides is 2. The summed E-state index contributed by atoms with van der Waals surface area (Å²) < 4.78 is 13.9. The quantitative estimate of drug-likeness (QED) is 0.601. The van der Waals surface area contributed by atoms with Crippen molar-refractivity contribution in [1.82, 2.24) is 0 Å². The summed E-state index contributed by atoms with van der Waals surface area (Å²) in [5.74, 6) is 0.536. The van der Waals surface area contributed by atoms with E-state index in [-0.39, 0.29) is 11.2 Å². The molecule has 17 heavy (non-hydrogen) atoms. The molecule has 0 spiro atoms. The van der Waals surface area contributed by atoms with Gasteiger partial charge in [0.15, 0.2) is 0 Å². The zero-order valence-electron chi connectivity index (χ0n) is 10.3. The lowest BCUT2D eigenvalue weighted by Crippen LogP contribution is -2.31. The number of halogens is 3. The van der Waals surface area contributed by atoms with Gasteiger partial charge in [0, 0.05) is 16.1 Å². The Labute approximate surface area is 120 Å². The first-order valence-electron chi connectivity index (χ1n) is 5.92. The van der Waals surface area contributed by atoms with Crippen molar-refractivity contribution >= 4 is 31.9 Å². The minimum absolute atomic E-state index is 0.102. The molecule has 0 heterocycles. The van der Waals surface area contributed by atoms with Crippen molar-refractivity contribution in [3.8, 4) is 0 Å². The van der Waals surface area contributed by atoms with Crippen molar-refractivity contribution < 1.29 is 4.39 Å². The monoisotopic (exact) mass is 364 g/mol. The second-order valence-corrected chi connectivity index (χ2v) is 6.08. The van der Waals surface area contributed by atoms with Gasteiger partial charge in [-0.25, -0.2) is 4.39 Å². The average Bonchev–Trinajstić information content (AvgIpc) is 2.32. The molecule has 0 saturated carbocycles. The minimum atomic E-state index is -0.143. The molecular formula is C14H19Br2F. The van der Waals surface area contributed by atoms with Gasteiger partial charge >= 0.3 is 0 Å². The standard InChI is InChI=1S/C14H19Br2F/c1-11(2)7-8-14(9-15,10-16)12-5-3-4-6-13(12)17/h3-6,11H,7-10H2,1-2H3. The van der Waals surface area contributed by atoms with Crippen LogP contribution in [-0.2, 0) is 5.41 Å². The van der Waals surface area contributed by atoms with Gasteiger partial charge in [-0.2, -0.15) is 0 Å². The van der Waals surface area contributed by atoms with Gasteiger partial charge in [0.05, 0.1) is 0 Å². The van der Waals surface area contributed by atoms with Crippen LogP contribution < -0.4 is 0 Å². The summed E-state index contributed by atoms with van der Waals surface area (Å²) in [6, 6.07) is 7.10. The summed E-state index contributed by atoms with van der Waals surface area (Å²) in [4.78, 5) is 0. The van der Waals surface area contributed by atoms with E-state index < -0.39 is 0 Å². The van der Waals surface area contributed by atoms with E-state index in [2.05, 4.69) is 45.7 Å². The van der Waals surface area contributed by atoms with Crippen molar-refractivity contribution in [1.29, 1.82) is 0 Å². The molecule has 0 aliphatic carbocycles. The van der Waals surface area contributed by atoms with E-state index >= 15 is 0 Å². The normalized spacial score (nSPS) is 12.1. The Morgan fingerprint density at radius 2 is 1.76 bits per heavy atom. The molecule has 0 nitrogen and oxygen atoms in total. The lowest BCUT2D eigenvalue weighted by atomic mass is 9.78. The predicted molar refractivity (Wildman–Crippen MR) is 79.7 cm³/mol. The molecule has 0 bridgehead atoms. The highest BCUT2D eigenvalue weighted by Crippen LogP contribution is 2.36. The van der Waals surface area contributed by atoms with Crippen LogP contribution in [0.2, 0.25) is 0 Å². The third kappa shape index (κ3) is 3.78. The van der Waals surface area contributed by atoms with Crippen molar-refractivity contribution in [2.45, 2.75) is 32.1 Å². The minimum Gasteiger partial charge on any atom is -0.207 e.